The van der Waals surface area contributed by atoms with Crippen molar-refractivity contribution in [2.75, 3.05) is 26.4 Å². The monoisotopic (exact) mass is 256 g/mol. The van der Waals surface area contributed by atoms with Crippen LogP contribution in [0.25, 0.3) is 0 Å². The fourth-order valence-corrected chi connectivity index (χ4v) is 2.68. The molecule has 0 bridgehead atoms. The number of hydrogen-bond donors (Lipinski definition) is 2. The van der Waals surface area contributed by atoms with E-state index in [4.69, 9.17) is 15.2 Å². The minimum Gasteiger partial charge on any atom is -0.381 e. The highest BCUT2D eigenvalue weighted by molar-refractivity contribution is 5.77. The molecule has 1 aliphatic heterocycles. The maximum absolute atomic E-state index is 11.7. The van der Waals surface area contributed by atoms with Gasteiger partial charge in [0.05, 0.1) is 6.61 Å². The van der Waals surface area contributed by atoms with Gasteiger partial charge in [0.25, 0.3) is 0 Å². The van der Waals surface area contributed by atoms with Crippen LogP contribution in [0.2, 0.25) is 0 Å². The number of rotatable bonds is 5. The van der Waals surface area contributed by atoms with E-state index >= 15 is 0 Å². The smallest absolute Gasteiger partial charge is 0.246 e. The Morgan fingerprint density at radius 3 is 2.67 bits per heavy atom. The van der Waals surface area contributed by atoms with Gasteiger partial charge in [0.2, 0.25) is 5.91 Å². The molecule has 2 aliphatic rings. The third-order valence-corrected chi connectivity index (χ3v) is 3.81. The van der Waals surface area contributed by atoms with Crippen LogP contribution in [0.3, 0.4) is 0 Å². The van der Waals surface area contributed by atoms with Gasteiger partial charge in [-0.3, -0.25) is 4.79 Å². The Bertz CT molecular complexity index is 271. The van der Waals surface area contributed by atoms with Crippen molar-refractivity contribution in [3.63, 3.8) is 0 Å². The summed E-state index contributed by atoms with van der Waals surface area (Å²) in [6, 6.07) is 0.244. The van der Waals surface area contributed by atoms with Crippen molar-refractivity contribution in [1.82, 2.24) is 5.32 Å². The van der Waals surface area contributed by atoms with Gasteiger partial charge in [0.1, 0.15) is 6.61 Å². The lowest BCUT2D eigenvalue weighted by Gasteiger charge is -2.25. The molecular formula is C13H24N2O3. The molecule has 1 saturated heterocycles. The fourth-order valence-electron chi connectivity index (χ4n) is 2.68. The second-order valence-electron chi connectivity index (χ2n) is 5.52. The van der Waals surface area contributed by atoms with Gasteiger partial charge >= 0.3 is 0 Å². The van der Waals surface area contributed by atoms with Crippen molar-refractivity contribution in [1.29, 1.82) is 0 Å². The second-order valence-corrected chi connectivity index (χ2v) is 5.52. The predicted octanol–water partition coefficient (Wildman–Crippen LogP) is 0.570. The van der Waals surface area contributed by atoms with Crippen molar-refractivity contribution >= 4 is 5.91 Å². The van der Waals surface area contributed by atoms with E-state index in [1.54, 1.807) is 0 Å². The van der Waals surface area contributed by atoms with E-state index in [-0.39, 0.29) is 24.1 Å². The SMILES string of the molecule is NC1(COCC(=O)NC2CCOCC2)CCCC1. The molecule has 0 aromatic heterocycles. The molecule has 2 fully saturated rings. The number of carbonyl (C=O) groups is 1. The van der Waals surface area contributed by atoms with Crippen LogP contribution >= 0.6 is 0 Å². The van der Waals surface area contributed by atoms with Crippen LogP contribution in [0.5, 0.6) is 0 Å². The Balaban J connectivity index is 1.59. The number of carbonyl (C=O) groups excluding carboxylic acids is 1. The Hall–Kier alpha value is -0.650. The molecule has 1 amide bonds. The van der Waals surface area contributed by atoms with Gasteiger partial charge in [-0.25, -0.2) is 0 Å². The first-order chi connectivity index (χ1) is 8.68. The van der Waals surface area contributed by atoms with Gasteiger partial charge in [-0.2, -0.15) is 0 Å². The molecule has 1 heterocycles. The molecule has 18 heavy (non-hydrogen) atoms. The van der Waals surface area contributed by atoms with E-state index in [1.165, 1.54) is 12.8 Å². The molecule has 0 atom stereocenters. The molecular weight excluding hydrogens is 232 g/mol. The first kappa shape index (κ1) is 13.8. The van der Waals surface area contributed by atoms with E-state index in [0.717, 1.165) is 38.9 Å². The maximum atomic E-state index is 11.7. The summed E-state index contributed by atoms with van der Waals surface area (Å²) in [5, 5.41) is 2.97. The zero-order chi connectivity index (χ0) is 12.8. The van der Waals surface area contributed by atoms with Crippen molar-refractivity contribution < 1.29 is 14.3 Å². The second kappa shape index (κ2) is 6.50. The summed E-state index contributed by atoms with van der Waals surface area (Å²) in [5.41, 5.74) is 5.96. The van der Waals surface area contributed by atoms with Crippen molar-refractivity contribution in [3.05, 3.63) is 0 Å². The molecule has 0 radical (unpaired) electrons. The van der Waals surface area contributed by atoms with E-state index in [2.05, 4.69) is 5.32 Å². The summed E-state index contributed by atoms with van der Waals surface area (Å²) < 4.78 is 10.7. The minimum absolute atomic E-state index is 0.0384. The molecule has 1 saturated carbocycles. The zero-order valence-electron chi connectivity index (χ0n) is 11.0. The summed E-state index contributed by atoms with van der Waals surface area (Å²) in [6.45, 7) is 2.08. The molecule has 0 aromatic carbocycles. The van der Waals surface area contributed by atoms with E-state index in [0.29, 0.717) is 6.61 Å². The first-order valence-corrected chi connectivity index (χ1v) is 6.92. The van der Waals surface area contributed by atoms with Crippen LogP contribution in [0.15, 0.2) is 0 Å². The van der Waals surface area contributed by atoms with Gasteiger partial charge < -0.3 is 20.5 Å². The van der Waals surface area contributed by atoms with E-state index in [9.17, 15) is 4.79 Å². The molecule has 0 unspecified atom stereocenters. The summed E-state index contributed by atoms with van der Waals surface area (Å²) in [7, 11) is 0. The molecule has 0 aromatic rings. The average Bonchev–Trinajstić information content (AvgIpc) is 2.77. The lowest BCUT2D eigenvalue weighted by Crippen LogP contribution is -2.44. The van der Waals surface area contributed by atoms with Crippen LogP contribution in [-0.2, 0) is 14.3 Å². The molecule has 3 N–H and O–H groups in total. The Labute approximate surface area is 108 Å². The Morgan fingerprint density at radius 2 is 2.00 bits per heavy atom. The number of ether oxygens (including phenoxy) is 2. The van der Waals surface area contributed by atoms with Crippen LogP contribution in [0.1, 0.15) is 38.5 Å². The standard InChI is InChI=1S/C13H24N2O3/c14-13(5-1-2-6-13)10-18-9-12(16)15-11-3-7-17-8-4-11/h11H,1-10,14H2,(H,15,16). The van der Waals surface area contributed by atoms with Crippen LogP contribution in [-0.4, -0.2) is 43.9 Å². The predicted molar refractivity (Wildman–Crippen MR) is 68.2 cm³/mol. The lowest BCUT2D eigenvalue weighted by atomic mass is 10.0. The highest BCUT2D eigenvalue weighted by Gasteiger charge is 2.29. The highest BCUT2D eigenvalue weighted by atomic mass is 16.5. The van der Waals surface area contributed by atoms with Crippen molar-refractivity contribution in [3.8, 4) is 0 Å². The Morgan fingerprint density at radius 1 is 1.33 bits per heavy atom. The zero-order valence-corrected chi connectivity index (χ0v) is 11.0. The summed E-state index contributed by atoms with van der Waals surface area (Å²) in [4.78, 5) is 11.7. The largest absolute Gasteiger partial charge is 0.381 e. The first-order valence-electron chi connectivity index (χ1n) is 6.92. The van der Waals surface area contributed by atoms with Gasteiger partial charge in [-0.1, -0.05) is 12.8 Å². The minimum atomic E-state index is -0.195. The van der Waals surface area contributed by atoms with Gasteiger partial charge in [-0.15, -0.1) is 0 Å². The van der Waals surface area contributed by atoms with E-state index in [1.807, 2.05) is 0 Å². The summed E-state index contributed by atoms with van der Waals surface area (Å²) in [5.74, 6) is -0.0384. The highest BCUT2D eigenvalue weighted by Crippen LogP contribution is 2.27. The van der Waals surface area contributed by atoms with Crippen LogP contribution in [0.4, 0.5) is 0 Å². The molecule has 1 aliphatic carbocycles. The van der Waals surface area contributed by atoms with Crippen LogP contribution < -0.4 is 11.1 Å². The Kier molecular flexibility index (Phi) is 4.97. The number of nitrogens with two attached hydrogens (primary N) is 1. The number of hydrogen-bond acceptors (Lipinski definition) is 4. The maximum Gasteiger partial charge on any atom is 0.246 e. The lowest BCUT2D eigenvalue weighted by molar-refractivity contribution is -0.127. The van der Waals surface area contributed by atoms with Gasteiger partial charge in [0, 0.05) is 24.8 Å². The number of nitrogens with one attached hydrogen (secondary N) is 1. The molecule has 2 rings (SSSR count). The fraction of sp³-hybridized carbons (Fsp3) is 0.923. The molecule has 0 spiro atoms. The van der Waals surface area contributed by atoms with Crippen molar-refractivity contribution in [2.45, 2.75) is 50.1 Å². The topological polar surface area (TPSA) is 73.6 Å². The van der Waals surface area contributed by atoms with E-state index < -0.39 is 0 Å². The van der Waals surface area contributed by atoms with Gasteiger partial charge in [0.15, 0.2) is 0 Å². The third-order valence-electron chi connectivity index (χ3n) is 3.81. The number of amides is 1. The van der Waals surface area contributed by atoms with Crippen molar-refractivity contribution in [2.24, 2.45) is 5.73 Å². The molecule has 104 valence electrons. The average molecular weight is 256 g/mol. The van der Waals surface area contributed by atoms with Gasteiger partial charge in [-0.05, 0) is 25.7 Å². The van der Waals surface area contributed by atoms with Crippen LogP contribution in [0, 0.1) is 0 Å². The quantitative estimate of drug-likeness (QED) is 0.754. The summed E-state index contributed by atoms with van der Waals surface area (Å²) in [6.07, 6.45) is 6.16. The molecule has 5 nitrogen and oxygen atoms in total. The summed E-state index contributed by atoms with van der Waals surface area (Å²) >= 11 is 0. The molecule has 5 heteroatoms. The normalized spacial score (nSPS) is 24.1. The third kappa shape index (κ3) is 4.23.